The van der Waals surface area contributed by atoms with E-state index in [1.54, 1.807) is 42.6 Å². The summed E-state index contributed by atoms with van der Waals surface area (Å²) in [5.74, 6) is 0.514. The molecule has 0 radical (unpaired) electrons. The van der Waals surface area contributed by atoms with Crippen LogP contribution < -0.4 is 11.0 Å². The molecule has 6 nitrogen and oxygen atoms in total. The van der Waals surface area contributed by atoms with Crippen molar-refractivity contribution in [1.29, 1.82) is 5.26 Å². The first-order valence-electron chi connectivity index (χ1n) is 6.14. The smallest absolute Gasteiger partial charge is 0.254 e. The highest BCUT2D eigenvalue weighted by atomic mass is 16.4. The summed E-state index contributed by atoms with van der Waals surface area (Å²) in [6, 6.07) is 13.9. The first-order valence-corrected chi connectivity index (χ1v) is 6.14. The standard InChI is InChI=1S/C15H10N4O2/c16-9-11-8-10-4-3-5-12(20)14(10)21-15(11)19-18-13-6-1-2-7-17-13/h1-8,20H,(H,17,18)/b19-15+. The maximum absolute atomic E-state index is 9.79. The monoisotopic (exact) mass is 278 g/mol. The van der Waals surface area contributed by atoms with Crippen LogP contribution in [0.4, 0.5) is 5.82 Å². The van der Waals surface area contributed by atoms with Crippen molar-refractivity contribution in [1.82, 2.24) is 4.98 Å². The Bertz CT molecular complexity index is 895. The van der Waals surface area contributed by atoms with Gasteiger partial charge in [0.1, 0.15) is 17.5 Å². The van der Waals surface area contributed by atoms with Gasteiger partial charge in [0, 0.05) is 11.6 Å². The highest BCUT2D eigenvalue weighted by Crippen LogP contribution is 2.23. The van der Waals surface area contributed by atoms with Crippen molar-refractivity contribution in [2.24, 2.45) is 5.10 Å². The lowest BCUT2D eigenvalue weighted by molar-refractivity contribution is 0.453. The number of pyridine rings is 1. The van der Waals surface area contributed by atoms with Crippen molar-refractivity contribution in [3.05, 3.63) is 59.8 Å². The summed E-state index contributed by atoms with van der Waals surface area (Å²) in [7, 11) is 0. The van der Waals surface area contributed by atoms with Gasteiger partial charge in [0.25, 0.3) is 5.55 Å². The van der Waals surface area contributed by atoms with E-state index in [9.17, 15) is 5.11 Å². The molecule has 2 heterocycles. The fourth-order valence-electron chi connectivity index (χ4n) is 1.84. The van der Waals surface area contributed by atoms with E-state index < -0.39 is 0 Å². The van der Waals surface area contributed by atoms with Crippen molar-refractivity contribution in [3.8, 4) is 11.8 Å². The molecule has 0 bridgehead atoms. The van der Waals surface area contributed by atoms with E-state index in [2.05, 4.69) is 15.5 Å². The Morgan fingerprint density at radius 3 is 2.90 bits per heavy atom. The second-order valence-electron chi connectivity index (χ2n) is 4.21. The van der Waals surface area contributed by atoms with E-state index in [0.717, 1.165) is 0 Å². The molecule has 3 aromatic rings. The molecule has 0 spiro atoms. The number of benzene rings is 1. The molecule has 102 valence electrons. The number of nitrogens with one attached hydrogen (secondary N) is 1. The topological polar surface area (TPSA) is 94.4 Å². The minimum absolute atomic E-state index is 0.00808. The van der Waals surface area contributed by atoms with Crippen LogP contribution in [0.15, 0.2) is 58.2 Å². The number of hydrogen-bond donors (Lipinski definition) is 2. The zero-order chi connectivity index (χ0) is 14.7. The number of rotatable bonds is 2. The molecule has 0 unspecified atom stereocenters. The summed E-state index contributed by atoms with van der Waals surface area (Å²) >= 11 is 0. The molecule has 0 atom stereocenters. The van der Waals surface area contributed by atoms with Crippen molar-refractivity contribution in [2.75, 3.05) is 5.43 Å². The lowest BCUT2D eigenvalue weighted by Crippen LogP contribution is -2.10. The summed E-state index contributed by atoms with van der Waals surface area (Å²) < 4.78 is 5.51. The minimum atomic E-state index is -0.00808. The van der Waals surface area contributed by atoms with Gasteiger partial charge in [-0.15, -0.1) is 5.10 Å². The van der Waals surface area contributed by atoms with E-state index in [-0.39, 0.29) is 22.5 Å². The number of hydrogen-bond acceptors (Lipinski definition) is 6. The van der Waals surface area contributed by atoms with E-state index in [4.69, 9.17) is 9.68 Å². The molecular weight excluding hydrogens is 268 g/mol. The van der Waals surface area contributed by atoms with Crippen LogP contribution in [0.25, 0.3) is 11.0 Å². The van der Waals surface area contributed by atoms with E-state index in [1.807, 2.05) is 6.07 Å². The highest BCUT2D eigenvalue weighted by molar-refractivity contribution is 5.82. The van der Waals surface area contributed by atoms with Crippen LogP contribution in [0.1, 0.15) is 5.56 Å². The summed E-state index contributed by atoms with van der Waals surface area (Å²) in [6.45, 7) is 0. The zero-order valence-corrected chi connectivity index (χ0v) is 10.8. The second-order valence-corrected chi connectivity index (χ2v) is 4.21. The number of phenols is 1. The third kappa shape index (κ3) is 2.53. The fraction of sp³-hybridized carbons (Fsp3) is 0. The van der Waals surface area contributed by atoms with Crippen LogP contribution in [-0.4, -0.2) is 10.1 Å². The number of para-hydroxylation sites is 1. The van der Waals surface area contributed by atoms with E-state index in [0.29, 0.717) is 11.2 Å². The number of nitriles is 1. The van der Waals surface area contributed by atoms with E-state index >= 15 is 0 Å². The lowest BCUT2D eigenvalue weighted by Gasteiger charge is -2.02. The number of aromatic nitrogens is 1. The number of fused-ring (bicyclic) bond motifs is 1. The van der Waals surface area contributed by atoms with Crippen LogP contribution in [0.5, 0.6) is 5.75 Å². The summed E-state index contributed by atoms with van der Waals surface area (Å²) in [5, 5.41) is 23.6. The van der Waals surface area contributed by atoms with Crippen LogP contribution in [0.3, 0.4) is 0 Å². The average Bonchev–Trinajstić information content (AvgIpc) is 2.53. The maximum atomic E-state index is 9.79. The molecule has 21 heavy (non-hydrogen) atoms. The molecule has 1 aromatic carbocycles. The first-order chi connectivity index (χ1) is 10.3. The van der Waals surface area contributed by atoms with Crippen LogP contribution in [0.2, 0.25) is 0 Å². The van der Waals surface area contributed by atoms with Crippen molar-refractivity contribution in [2.45, 2.75) is 0 Å². The molecule has 6 heteroatoms. The molecule has 0 saturated heterocycles. The Kier molecular flexibility index (Phi) is 3.23. The lowest BCUT2D eigenvalue weighted by atomic mass is 10.2. The van der Waals surface area contributed by atoms with Gasteiger partial charge >= 0.3 is 0 Å². The molecule has 3 rings (SSSR count). The van der Waals surface area contributed by atoms with Gasteiger partial charge in [-0.2, -0.15) is 5.26 Å². The SMILES string of the molecule is N#Cc1cc2cccc(O)c2o/c1=N/Nc1ccccn1. The fourth-order valence-corrected chi connectivity index (χ4v) is 1.84. The predicted octanol–water partition coefficient (Wildman–Crippen LogP) is 2.33. The summed E-state index contributed by atoms with van der Waals surface area (Å²) in [5.41, 5.74) is 3.32. The second kappa shape index (κ2) is 5.35. The van der Waals surface area contributed by atoms with Gasteiger partial charge in [-0.3, -0.25) is 5.43 Å². The Hall–Kier alpha value is -3.33. The average molecular weight is 278 g/mol. The van der Waals surface area contributed by atoms with Crippen LogP contribution in [-0.2, 0) is 0 Å². The van der Waals surface area contributed by atoms with Gasteiger partial charge in [-0.25, -0.2) is 4.98 Å². The minimum Gasteiger partial charge on any atom is -0.504 e. The zero-order valence-electron chi connectivity index (χ0n) is 10.8. The Morgan fingerprint density at radius 1 is 1.24 bits per heavy atom. The predicted molar refractivity (Wildman–Crippen MR) is 76.0 cm³/mol. The summed E-state index contributed by atoms with van der Waals surface area (Å²) in [4.78, 5) is 4.05. The Balaban J connectivity index is 2.13. The van der Waals surface area contributed by atoms with Crippen LogP contribution in [0, 0.1) is 11.3 Å². The third-order valence-corrected chi connectivity index (χ3v) is 2.81. The largest absolute Gasteiger partial charge is 0.504 e. The molecule has 0 fully saturated rings. The molecule has 0 amide bonds. The van der Waals surface area contributed by atoms with Gasteiger partial charge in [0.05, 0.1) is 0 Å². The Labute approximate surface area is 119 Å². The quantitative estimate of drug-likeness (QED) is 0.701. The normalized spacial score (nSPS) is 11.3. The molecule has 0 saturated carbocycles. The van der Waals surface area contributed by atoms with E-state index in [1.165, 1.54) is 6.07 Å². The Morgan fingerprint density at radius 2 is 2.14 bits per heavy atom. The number of aromatic hydroxyl groups is 1. The molecule has 0 aliphatic carbocycles. The number of phenolic OH excluding ortho intramolecular Hbond substituents is 1. The number of anilines is 1. The molecule has 0 aliphatic rings. The highest BCUT2D eigenvalue weighted by Gasteiger charge is 2.06. The first kappa shape index (κ1) is 12.7. The van der Waals surface area contributed by atoms with Gasteiger partial charge in [-0.1, -0.05) is 18.2 Å². The van der Waals surface area contributed by atoms with Crippen molar-refractivity contribution >= 4 is 16.8 Å². The van der Waals surface area contributed by atoms with Gasteiger partial charge < -0.3 is 9.52 Å². The molecule has 2 aromatic heterocycles. The molecule has 2 N–H and O–H groups in total. The van der Waals surface area contributed by atoms with Crippen molar-refractivity contribution < 1.29 is 9.52 Å². The summed E-state index contributed by atoms with van der Waals surface area (Å²) in [6.07, 6.45) is 1.62. The molecule has 0 aliphatic heterocycles. The van der Waals surface area contributed by atoms with Gasteiger partial charge in [-0.05, 0) is 24.3 Å². The van der Waals surface area contributed by atoms with Crippen molar-refractivity contribution in [3.63, 3.8) is 0 Å². The maximum Gasteiger partial charge on any atom is 0.254 e. The van der Waals surface area contributed by atoms with Gasteiger partial charge in [0.2, 0.25) is 0 Å². The third-order valence-electron chi connectivity index (χ3n) is 2.81. The van der Waals surface area contributed by atoms with Crippen LogP contribution >= 0.6 is 0 Å². The molecular formula is C15H10N4O2. The number of nitrogens with zero attached hydrogens (tertiary/aromatic N) is 3. The van der Waals surface area contributed by atoms with Gasteiger partial charge in [0.15, 0.2) is 11.3 Å².